The number of aryl methyl sites for hydroxylation is 1. The normalized spacial score (nSPS) is 15.6. The summed E-state index contributed by atoms with van der Waals surface area (Å²) in [5.74, 6) is -1.44. The van der Waals surface area contributed by atoms with Gasteiger partial charge in [-0.15, -0.1) is 0 Å². The number of carbonyl (C=O) groups excluding carboxylic acids is 1. The molecule has 0 aliphatic carbocycles. The molecule has 1 aliphatic heterocycles. The second-order valence-electron chi connectivity index (χ2n) is 9.64. The highest BCUT2D eigenvalue weighted by molar-refractivity contribution is 7.92. The van der Waals surface area contributed by atoms with Crippen LogP contribution in [0, 0.1) is 18.6 Å². The zero-order valence-corrected chi connectivity index (χ0v) is 23.2. The summed E-state index contributed by atoms with van der Waals surface area (Å²) in [6.07, 6.45) is 0. The third kappa shape index (κ3) is 6.32. The molecule has 1 unspecified atom stereocenters. The number of hydrogen-bond donors (Lipinski definition) is 3. The number of anilines is 1. The van der Waals surface area contributed by atoms with Crippen molar-refractivity contribution in [2.75, 3.05) is 31.6 Å². The van der Waals surface area contributed by atoms with E-state index < -0.39 is 27.7 Å². The second kappa shape index (κ2) is 11.8. The fourth-order valence-electron chi connectivity index (χ4n) is 4.57. The molecule has 1 saturated heterocycles. The van der Waals surface area contributed by atoms with E-state index in [0.717, 1.165) is 23.3 Å². The number of fused-ring (bicyclic) bond motifs is 1. The van der Waals surface area contributed by atoms with Gasteiger partial charge in [-0.1, -0.05) is 30.3 Å². The van der Waals surface area contributed by atoms with Gasteiger partial charge in [0.2, 0.25) is 5.91 Å². The Kier molecular flexibility index (Phi) is 8.20. The lowest BCUT2D eigenvalue weighted by Crippen LogP contribution is -2.51. The van der Waals surface area contributed by atoms with Gasteiger partial charge in [0.25, 0.3) is 10.0 Å². The molecule has 1 aromatic heterocycles. The quantitative estimate of drug-likeness (QED) is 0.276. The summed E-state index contributed by atoms with van der Waals surface area (Å²) >= 11 is 0. The van der Waals surface area contributed by atoms with E-state index in [-0.39, 0.29) is 46.4 Å². The van der Waals surface area contributed by atoms with Crippen molar-refractivity contribution in [3.63, 3.8) is 0 Å². The number of sulfonamides is 1. The van der Waals surface area contributed by atoms with Gasteiger partial charge in [-0.2, -0.15) is 5.10 Å². The molecule has 216 valence electrons. The van der Waals surface area contributed by atoms with Crippen molar-refractivity contribution in [1.29, 1.82) is 0 Å². The first-order chi connectivity index (χ1) is 19.6. The van der Waals surface area contributed by atoms with Gasteiger partial charge < -0.3 is 20.1 Å². The van der Waals surface area contributed by atoms with Crippen LogP contribution in [0.4, 0.5) is 14.6 Å². The Hall–Kier alpha value is -4.07. The lowest BCUT2D eigenvalue weighted by atomic mass is 10.1. The molecule has 0 bridgehead atoms. The lowest BCUT2D eigenvalue weighted by Gasteiger charge is -2.22. The Bertz CT molecular complexity index is 1700. The third-order valence-corrected chi connectivity index (χ3v) is 8.05. The summed E-state index contributed by atoms with van der Waals surface area (Å²) in [6.45, 7) is 3.45. The first kappa shape index (κ1) is 28.5. The zero-order chi connectivity index (χ0) is 29.1. The van der Waals surface area contributed by atoms with Crippen molar-refractivity contribution in [3.8, 4) is 5.75 Å². The van der Waals surface area contributed by atoms with E-state index in [0.29, 0.717) is 25.3 Å². The zero-order valence-electron chi connectivity index (χ0n) is 22.4. The van der Waals surface area contributed by atoms with Gasteiger partial charge in [-0.05, 0) is 35.7 Å². The highest BCUT2D eigenvalue weighted by Crippen LogP contribution is 2.35. The van der Waals surface area contributed by atoms with Gasteiger partial charge in [0, 0.05) is 25.2 Å². The van der Waals surface area contributed by atoms with Gasteiger partial charge in [-0.25, -0.2) is 17.2 Å². The number of benzene rings is 3. The van der Waals surface area contributed by atoms with E-state index in [1.165, 1.54) is 36.9 Å². The molecule has 3 N–H and O–H groups in total. The Morgan fingerprint density at radius 2 is 1.98 bits per heavy atom. The van der Waals surface area contributed by atoms with E-state index in [1.807, 2.05) is 24.3 Å². The minimum absolute atomic E-state index is 0.0794. The van der Waals surface area contributed by atoms with Crippen LogP contribution in [0.15, 0.2) is 59.5 Å². The third-order valence-electron chi connectivity index (χ3n) is 6.71. The Morgan fingerprint density at radius 3 is 2.71 bits per heavy atom. The number of morpholine rings is 1. The van der Waals surface area contributed by atoms with Crippen molar-refractivity contribution in [2.24, 2.45) is 0 Å². The van der Waals surface area contributed by atoms with Crippen LogP contribution in [0.5, 0.6) is 5.75 Å². The number of amides is 1. The van der Waals surface area contributed by atoms with Crippen LogP contribution < -0.4 is 20.1 Å². The van der Waals surface area contributed by atoms with Crippen molar-refractivity contribution in [3.05, 3.63) is 82.9 Å². The summed E-state index contributed by atoms with van der Waals surface area (Å²) in [5.41, 5.74) is 2.20. The van der Waals surface area contributed by atoms with E-state index >= 15 is 0 Å². The maximum absolute atomic E-state index is 14.5. The van der Waals surface area contributed by atoms with Crippen LogP contribution in [0.3, 0.4) is 0 Å². The van der Waals surface area contributed by atoms with E-state index in [2.05, 4.69) is 20.5 Å². The van der Waals surface area contributed by atoms with Gasteiger partial charge >= 0.3 is 0 Å². The Labute approximate surface area is 235 Å². The number of nitrogens with zero attached hydrogens (tertiary/aromatic N) is 2. The number of rotatable bonds is 9. The first-order valence-corrected chi connectivity index (χ1v) is 14.3. The summed E-state index contributed by atoms with van der Waals surface area (Å²) in [5, 5.41) is 10.7. The minimum Gasteiger partial charge on any atom is -0.496 e. The molecule has 4 aromatic rings. The lowest BCUT2D eigenvalue weighted by molar-refractivity contribution is -0.126. The number of aromatic nitrogens is 2. The van der Waals surface area contributed by atoms with Crippen molar-refractivity contribution in [1.82, 2.24) is 20.4 Å². The standard InChI is InChI=1S/C28H29F2N5O5S/c1-17-6-7-21(13-22(17)30)41(37,38)34-27-26-24(11-20(29)12-25(26)39-2)35(33-27)15-19-5-3-4-18(10-19)14-32-28(36)23-16-40-9-8-31-23/h3-7,10-13,23,31H,8-9,14-16H2,1-2H3,(H,32,36)(H,33,34). The maximum Gasteiger partial charge on any atom is 0.263 e. The van der Waals surface area contributed by atoms with Crippen molar-refractivity contribution >= 4 is 32.7 Å². The number of halogens is 2. The molecule has 0 spiro atoms. The molecule has 5 rings (SSSR count). The molecule has 1 atom stereocenters. The van der Waals surface area contributed by atoms with Crippen LogP contribution in [-0.4, -0.2) is 57.0 Å². The minimum atomic E-state index is -4.24. The molecular formula is C28H29F2N5O5S. The van der Waals surface area contributed by atoms with E-state index in [4.69, 9.17) is 9.47 Å². The number of methoxy groups -OCH3 is 1. The smallest absolute Gasteiger partial charge is 0.263 e. The molecule has 1 aliphatic rings. The molecule has 1 amide bonds. The van der Waals surface area contributed by atoms with Crippen molar-refractivity contribution < 1.29 is 31.5 Å². The number of hydrogen-bond acceptors (Lipinski definition) is 7. The SMILES string of the molecule is COc1cc(F)cc2c1c(NS(=O)(=O)c1ccc(C)c(F)c1)nn2Cc1cccc(CNC(=O)C2COCCN2)c1. The van der Waals surface area contributed by atoms with Gasteiger partial charge in [-0.3, -0.25) is 14.2 Å². The molecule has 0 saturated carbocycles. The summed E-state index contributed by atoms with van der Waals surface area (Å²) in [6, 6.07) is 12.9. The van der Waals surface area contributed by atoms with Gasteiger partial charge in [0.05, 0.1) is 42.7 Å². The average Bonchev–Trinajstić information content (AvgIpc) is 3.28. The van der Waals surface area contributed by atoms with Crippen LogP contribution in [0.1, 0.15) is 16.7 Å². The number of ether oxygens (including phenoxy) is 2. The van der Waals surface area contributed by atoms with Gasteiger partial charge in [0.15, 0.2) is 5.82 Å². The predicted molar refractivity (Wildman–Crippen MR) is 148 cm³/mol. The molecular weight excluding hydrogens is 556 g/mol. The molecule has 41 heavy (non-hydrogen) atoms. The van der Waals surface area contributed by atoms with E-state index in [1.54, 1.807) is 0 Å². The Morgan fingerprint density at radius 1 is 1.17 bits per heavy atom. The highest BCUT2D eigenvalue weighted by Gasteiger charge is 2.24. The molecule has 10 nitrogen and oxygen atoms in total. The van der Waals surface area contributed by atoms with Crippen LogP contribution in [-0.2, 0) is 32.6 Å². The summed E-state index contributed by atoms with van der Waals surface area (Å²) < 4.78 is 69.5. The average molecular weight is 586 g/mol. The number of carbonyl (C=O) groups is 1. The summed E-state index contributed by atoms with van der Waals surface area (Å²) in [7, 11) is -2.90. The van der Waals surface area contributed by atoms with Crippen LogP contribution in [0.25, 0.3) is 10.9 Å². The fraction of sp³-hybridized carbons (Fsp3) is 0.286. The van der Waals surface area contributed by atoms with Crippen molar-refractivity contribution in [2.45, 2.75) is 31.0 Å². The Balaban J connectivity index is 1.43. The maximum atomic E-state index is 14.5. The van der Waals surface area contributed by atoms with Gasteiger partial charge in [0.1, 0.15) is 23.4 Å². The molecule has 3 aromatic carbocycles. The van der Waals surface area contributed by atoms with E-state index in [9.17, 15) is 22.0 Å². The first-order valence-electron chi connectivity index (χ1n) is 12.8. The monoisotopic (exact) mass is 585 g/mol. The largest absolute Gasteiger partial charge is 0.496 e. The molecule has 1 fully saturated rings. The topological polar surface area (TPSA) is 124 Å². The molecule has 0 radical (unpaired) electrons. The second-order valence-corrected chi connectivity index (χ2v) is 11.3. The fourth-order valence-corrected chi connectivity index (χ4v) is 5.59. The predicted octanol–water partition coefficient (Wildman–Crippen LogP) is 3.09. The number of nitrogens with one attached hydrogen (secondary N) is 3. The highest BCUT2D eigenvalue weighted by atomic mass is 32.2. The van der Waals surface area contributed by atoms with Crippen LogP contribution in [0.2, 0.25) is 0 Å². The molecule has 13 heteroatoms. The summed E-state index contributed by atoms with van der Waals surface area (Å²) in [4.78, 5) is 12.2. The van der Waals surface area contributed by atoms with Crippen LogP contribution >= 0.6 is 0 Å². The molecule has 2 heterocycles.